The first-order chi connectivity index (χ1) is 8.28. The number of fused-ring (bicyclic) bond motifs is 1. The largest absolute Gasteiger partial charge is 0.384 e. The minimum Gasteiger partial charge on any atom is -0.384 e. The first kappa shape index (κ1) is 11.2. The van der Waals surface area contributed by atoms with E-state index in [0.29, 0.717) is 5.92 Å². The van der Waals surface area contributed by atoms with Gasteiger partial charge in [0.25, 0.3) is 0 Å². The zero-order chi connectivity index (χ0) is 11.8. The van der Waals surface area contributed by atoms with Crippen LogP contribution < -0.4 is 0 Å². The Bertz CT molecular complexity index is 397. The number of ether oxygens (including phenoxy) is 1. The zero-order valence-corrected chi connectivity index (χ0v) is 10.7. The van der Waals surface area contributed by atoms with Crippen molar-refractivity contribution in [3.05, 3.63) is 17.7 Å². The summed E-state index contributed by atoms with van der Waals surface area (Å²) in [7, 11) is 3.88. The highest BCUT2D eigenvalue weighted by atomic mass is 16.5. The average Bonchev–Trinajstić information content (AvgIpc) is 3.03. The van der Waals surface area contributed by atoms with Crippen LogP contribution in [0.15, 0.2) is 6.33 Å². The van der Waals surface area contributed by atoms with Gasteiger partial charge in [-0.2, -0.15) is 0 Å². The summed E-state index contributed by atoms with van der Waals surface area (Å²) in [6.45, 7) is 4.19. The molecule has 3 rings (SSSR count). The van der Waals surface area contributed by atoms with Crippen molar-refractivity contribution >= 4 is 0 Å². The lowest BCUT2D eigenvalue weighted by molar-refractivity contribution is 0.133. The van der Waals surface area contributed by atoms with E-state index in [1.54, 1.807) is 7.11 Å². The number of methoxy groups -OCH3 is 1. The fourth-order valence-electron chi connectivity index (χ4n) is 2.95. The molecule has 4 heteroatoms. The Hall–Kier alpha value is -0.870. The second kappa shape index (κ2) is 4.42. The molecule has 0 amide bonds. The molecule has 1 aromatic rings. The van der Waals surface area contributed by atoms with Gasteiger partial charge in [-0.1, -0.05) is 0 Å². The standard InChI is InChI=1S/C13H21N3O/c1-15-9-14-12-7-16(5-10-3-4-10)6-11(8-17-2)13(12)15/h9-11H,3-8H2,1-2H3/t11-/m0/s1. The SMILES string of the molecule is COC[C@@H]1CN(CC2CC2)Cc2ncn(C)c21. The highest BCUT2D eigenvalue weighted by molar-refractivity contribution is 5.21. The lowest BCUT2D eigenvalue weighted by Crippen LogP contribution is -2.37. The first-order valence-corrected chi connectivity index (χ1v) is 6.49. The van der Waals surface area contributed by atoms with Gasteiger partial charge in [0.1, 0.15) is 0 Å². The quantitative estimate of drug-likeness (QED) is 0.789. The summed E-state index contributed by atoms with van der Waals surface area (Å²) in [6, 6.07) is 0. The van der Waals surface area contributed by atoms with E-state index in [0.717, 1.165) is 25.6 Å². The predicted molar refractivity (Wildman–Crippen MR) is 65.8 cm³/mol. The van der Waals surface area contributed by atoms with E-state index in [-0.39, 0.29) is 0 Å². The summed E-state index contributed by atoms with van der Waals surface area (Å²) in [6.07, 6.45) is 4.77. The number of hydrogen-bond donors (Lipinski definition) is 0. The van der Waals surface area contributed by atoms with Crippen molar-refractivity contribution in [3.8, 4) is 0 Å². The van der Waals surface area contributed by atoms with Crippen molar-refractivity contribution in [1.82, 2.24) is 14.5 Å². The van der Waals surface area contributed by atoms with Crippen LogP contribution in [0.5, 0.6) is 0 Å². The van der Waals surface area contributed by atoms with Gasteiger partial charge in [0.05, 0.1) is 18.6 Å². The Morgan fingerprint density at radius 3 is 3.00 bits per heavy atom. The van der Waals surface area contributed by atoms with Crippen LogP contribution in [0.4, 0.5) is 0 Å². The van der Waals surface area contributed by atoms with Crippen LogP contribution in [-0.2, 0) is 18.3 Å². The molecule has 1 aliphatic carbocycles. The highest BCUT2D eigenvalue weighted by Gasteiger charge is 2.32. The van der Waals surface area contributed by atoms with Crippen molar-refractivity contribution in [3.63, 3.8) is 0 Å². The van der Waals surface area contributed by atoms with Crippen molar-refractivity contribution in [2.45, 2.75) is 25.3 Å². The molecule has 0 N–H and O–H groups in total. The summed E-state index contributed by atoms with van der Waals surface area (Å²) >= 11 is 0. The number of aromatic nitrogens is 2. The van der Waals surface area contributed by atoms with Crippen LogP contribution in [0, 0.1) is 5.92 Å². The molecule has 4 nitrogen and oxygen atoms in total. The Labute approximate surface area is 103 Å². The monoisotopic (exact) mass is 235 g/mol. The third kappa shape index (κ3) is 2.24. The van der Waals surface area contributed by atoms with Gasteiger partial charge in [-0.25, -0.2) is 4.98 Å². The van der Waals surface area contributed by atoms with Crippen LogP contribution in [0.3, 0.4) is 0 Å². The molecule has 1 fully saturated rings. The van der Waals surface area contributed by atoms with Gasteiger partial charge < -0.3 is 9.30 Å². The van der Waals surface area contributed by atoms with Crippen molar-refractivity contribution in [2.24, 2.45) is 13.0 Å². The Morgan fingerprint density at radius 2 is 2.29 bits per heavy atom. The lowest BCUT2D eigenvalue weighted by Gasteiger charge is -2.32. The molecule has 0 saturated heterocycles. The average molecular weight is 235 g/mol. The van der Waals surface area contributed by atoms with Crippen LogP contribution in [0.2, 0.25) is 0 Å². The molecule has 0 spiro atoms. The van der Waals surface area contributed by atoms with E-state index >= 15 is 0 Å². The van der Waals surface area contributed by atoms with E-state index in [1.165, 1.54) is 30.8 Å². The van der Waals surface area contributed by atoms with Crippen molar-refractivity contribution in [1.29, 1.82) is 0 Å². The number of rotatable bonds is 4. The minimum absolute atomic E-state index is 0.481. The molecule has 0 bridgehead atoms. The summed E-state index contributed by atoms with van der Waals surface area (Å²) < 4.78 is 7.52. The molecule has 94 valence electrons. The van der Waals surface area contributed by atoms with E-state index in [2.05, 4.69) is 21.5 Å². The van der Waals surface area contributed by atoms with Gasteiger partial charge in [0.2, 0.25) is 0 Å². The number of hydrogen-bond acceptors (Lipinski definition) is 3. The summed E-state index contributed by atoms with van der Waals surface area (Å²) in [5, 5.41) is 0. The molecule has 1 aromatic heterocycles. The van der Waals surface area contributed by atoms with E-state index in [4.69, 9.17) is 4.74 Å². The topological polar surface area (TPSA) is 30.3 Å². The third-order valence-corrected chi connectivity index (χ3v) is 3.88. The Balaban J connectivity index is 1.79. The van der Waals surface area contributed by atoms with Crippen LogP contribution in [0.1, 0.15) is 30.1 Å². The molecule has 2 aliphatic rings. The normalized spacial score (nSPS) is 24.9. The van der Waals surface area contributed by atoms with E-state index in [9.17, 15) is 0 Å². The number of imidazole rings is 1. The van der Waals surface area contributed by atoms with Gasteiger partial charge >= 0.3 is 0 Å². The number of nitrogens with zero attached hydrogens (tertiary/aromatic N) is 3. The van der Waals surface area contributed by atoms with Gasteiger partial charge in [-0.3, -0.25) is 4.90 Å². The molecule has 0 unspecified atom stereocenters. The van der Waals surface area contributed by atoms with Gasteiger partial charge in [-0.05, 0) is 18.8 Å². The third-order valence-electron chi connectivity index (χ3n) is 3.88. The lowest BCUT2D eigenvalue weighted by atomic mass is 9.99. The van der Waals surface area contributed by atoms with E-state index < -0.39 is 0 Å². The summed E-state index contributed by atoms with van der Waals surface area (Å²) in [5.74, 6) is 1.43. The van der Waals surface area contributed by atoms with Crippen LogP contribution in [-0.4, -0.2) is 41.3 Å². The molecule has 1 aliphatic heterocycles. The molecule has 1 atom stereocenters. The van der Waals surface area contributed by atoms with Crippen molar-refractivity contribution < 1.29 is 4.74 Å². The smallest absolute Gasteiger partial charge is 0.0949 e. The molecule has 17 heavy (non-hydrogen) atoms. The molecule has 1 saturated carbocycles. The second-order valence-corrected chi connectivity index (χ2v) is 5.48. The predicted octanol–water partition coefficient (Wildman–Crippen LogP) is 1.38. The molecular formula is C13H21N3O. The maximum absolute atomic E-state index is 5.36. The van der Waals surface area contributed by atoms with Gasteiger partial charge in [-0.15, -0.1) is 0 Å². The first-order valence-electron chi connectivity index (χ1n) is 6.49. The fourth-order valence-corrected chi connectivity index (χ4v) is 2.95. The maximum atomic E-state index is 5.36. The van der Waals surface area contributed by atoms with E-state index in [1.807, 2.05) is 6.33 Å². The zero-order valence-electron chi connectivity index (χ0n) is 10.7. The van der Waals surface area contributed by atoms with Gasteiger partial charge in [0.15, 0.2) is 0 Å². The van der Waals surface area contributed by atoms with Crippen molar-refractivity contribution in [2.75, 3.05) is 26.8 Å². The van der Waals surface area contributed by atoms with Gasteiger partial charge in [0, 0.05) is 45.4 Å². The molecular weight excluding hydrogens is 214 g/mol. The second-order valence-electron chi connectivity index (χ2n) is 5.48. The maximum Gasteiger partial charge on any atom is 0.0949 e. The summed E-state index contributed by atoms with van der Waals surface area (Å²) in [4.78, 5) is 7.08. The number of aryl methyl sites for hydroxylation is 1. The summed E-state index contributed by atoms with van der Waals surface area (Å²) in [5.41, 5.74) is 2.63. The molecule has 2 heterocycles. The molecule has 0 aromatic carbocycles. The van der Waals surface area contributed by atoms with Crippen LogP contribution in [0.25, 0.3) is 0 Å². The molecule has 0 radical (unpaired) electrons. The highest BCUT2D eigenvalue weighted by Crippen LogP contribution is 2.33. The van der Waals surface area contributed by atoms with Crippen LogP contribution >= 0.6 is 0 Å². The fraction of sp³-hybridized carbons (Fsp3) is 0.769. The Morgan fingerprint density at radius 1 is 1.47 bits per heavy atom. The minimum atomic E-state index is 0.481. The Kier molecular flexibility index (Phi) is 2.92.